The van der Waals surface area contributed by atoms with Crippen LogP contribution in [-0.2, 0) is 4.79 Å². The van der Waals surface area contributed by atoms with Gasteiger partial charge >= 0.3 is 0 Å². The molecule has 0 bridgehead atoms. The van der Waals surface area contributed by atoms with Gasteiger partial charge in [0, 0.05) is 20.0 Å². The van der Waals surface area contributed by atoms with Crippen LogP contribution in [0.3, 0.4) is 0 Å². The Morgan fingerprint density at radius 3 is 2.40 bits per heavy atom. The van der Waals surface area contributed by atoms with Gasteiger partial charge in [-0.1, -0.05) is 0 Å². The molecule has 1 N–H and O–H groups in total. The van der Waals surface area contributed by atoms with Crippen molar-refractivity contribution in [2.45, 2.75) is 19.8 Å². The number of likely N-dealkylation sites (tertiary alicyclic amines) is 1. The van der Waals surface area contributed by atoms with Crippen LogP contribution in [0.4, 0.5) is 0 Å². The number of aliphatic hydroxyl groups excluding tert-OH is 1. The number of hydrogen-bond acceptors (Lipinski definition) is 2. The summed E-state index contributed by atoms with van der Waals surface area (Å²) in [6.07, 6.45) is 1.83. The highest BCUT2D eigenvalue weighted by atomic mass is 16.3. The molecule has 0 unspecified atom stereocenters. The fourth-order valence-electron chi connectivity index (χ4n) is 1.08. The second-order valence-electron chi connectivity index (χ2n) is 2.57. The first-order valence-electron chi connectivity index (χ1n) is 3.49. The van der Waals surface area contributed by atoms with Gasteiger partial charge in [-0.2, -0.15) is 0 Å². The summed E-state index contributed by atoms with van der Waals surface area (Å²) in [4.78, 5) is 12.5. The van der Waals surface area contributed by atoms with Gasteiger partial charge in [0.05, 0.1) is 6.10 Å². The average molecular weight is 142 g/mol. The van der Waals surface area contributed by atoms with Crippen LogP contribution in [0, 0.1) is 6.10 Å². The van der Waals surface area contributed by atoms with Gasteiger partial charge < -0.3 is 10.0 Å². The summed E-state index contributed by atoms with van der Waals surface area (Å²) in [6, 6.07) is 0. The van der Waals surface area contributed by atoms with E-state index in [0.29, 0.717) is 32.0 Å². The van der Waals surface area contributed by atoms with Crippen LogP contribution in [0.5, 0.6) is 0 Å². The molecular formula is C7H12NO2. The number of carbonyl (C=O) groups excluding carboxylic acids is 1. The van der Waals surface area contributed by atoms with Crippen molar-refractivity contribution in [1.29, 1.82) is 0 Å². The first-order valence-corrected chi connectivity index (χ1v) is 3.49. The minimum absolute atomic E-state index is 0.104. The molecule has 0 aliphatic carbocycles. The van der Waals surface area contributed by atoms with Gasteiger partial charge in [0.1, 0.15) is 0 Å². The highest BCUT2D eigenvalue weighted by Crippen LogP contribution is 2.15. The Balaban J connectivity index is 2.33. The Kier molecular flexibility index (Phi) is 2.27. The zero-order chi connectivity index (χ0) is 7.56. The van der Waals surface area contributed by atoms with Crippen LogP contribution in [0.25, 0.3) is 0 Å². The van der Waals surface area contributed by atoms with Crippen molar-refractivity contribution in [1.82, 2.24) is 4.90 Å². The molecule has 0 aromatic heterocycles. The summed E-state index contributed by atoms with van der Waals surface area (Å²) in [5.74, 6) is 0.104. The standard InChI is InChI=1S/C7H12NO2/c1-6(9)8-4-2-7(10)3-5-8/h10H,2-5H2,1H3. The van der Waals surface area contributed by atoms with Crippen LogP contribution in [-0.4, -0.2) is 29.0 Å². The highest BCUT2D eigenvalue weighted by molar-refractivity contribution is 5.73. The van der Waals surface area contributed by atoms with Gasteiger partial charge in [-0.25, -0.2) is 0 Å². The van der Waals surface area contributed by atoms with Gasteiger partial charge in [-0.15, -0.1) is 0 Å². The Labute approximate surface area is 60.6 Å². The molecule has 1 heterocycles. The number of carbonyl (C=O) groups is 1. The van der Waals surface area contributed by atoms with Crippen molar-refractivity contribution in [3.8, 4) is 0 Å². The maximum absolute atomic E-state index is 10.7. The van der Waals surface area contributed by atoms with Gasteiger partial charge in [-0.3, -0.25) is 4.79 Å². The lowest BCUT2D eigenvalue weighted by atomic mass is 10.1. The van der Waals surface area contributed by atoms with Gasteiger partial charge in [-0.05, 0) is 12.8 Å². The fourth-order valence-corrected chi connectivity index (χ4v) is 1.08. The maximum atomic E-state index is 10.7. The van der Waals surface area contributed by atoms with E-state index < -0.39 is 0 Å². The second-order valence-corrected chi connectivity index (χ2v) is 2.57. The van der Waals surface area contributed by atoms with Crippen molar-refractivity contribution in [3.63, 3.8) is 0 Å². The third-order valence-corrected chi connectivity index (χ3v) is 1.79. The minimum Gasteiger partial charge on any atom is -0.387 e. The smallest absolute Gasteiger partial charge is 0.219 e. The predicted molar refractivity (Wildman–Crippen MR) is 36.7 cm³/mol. The third-order valence-electron chi connectivity index (χ3n) is 1.79. The van der Waals surface area contributed by atoms with E-state index in [9.17, 15) is 4.79 Å². The zero-order valence-corrected chi connectivity index (χ0v) is 6.13. The number of aliphatic hydroxyl groups is 1. The van der Waals surface area contributed by atoms with E-state index >= 15 is 0 Å². The monoisotopic (exact) mass is 142 g/mol. The summed E-state index contributed by atoms with van der Waals surface area (Å²) >= 11 is 0. The van der Waals surface area contributed by atoms with Gasteiger partial charge in [0.25, 0.3) is 0 Å². The lowest BCUT2D eigenvalue weighted by Gasteiger charge is -2.27. The molecule has 3 heteroatoms. The van der Waals surface area contributed by atoms with Gasteiger partial charge in [0.15, 0.2) is 0 Å². The summed E-state index contributed by atoms with van der Waals surface area (Å²) < 4.78 is 0. The topological polar surface area (TPSA) is 40.5 Å². The first kappa shape index (κ1) is 7.54. The van der Waals surface area contributed by atoms with E-state index in [-0.39, 0.29) is 5.91 Å². The molecule has 0 aromatic carbocycles. The van der Waals surface area contributed by atoms with E-state index in [4.69, 9.17) is 5.11 Å². The summed E-state index contributed by atoms with van der Waals surface area (Å²) in [6.45, 7) is 2.92. The molecule has 1 radical (unpaired) electrons. The third kappa shape index (κ3) is 1.70. The number of piperidine rings is 1. The molecule has 10 heavy (non-hydrogen) atoms. The molecule has 3 nitrogen and oxygen atoms in total. The largest absolute Gasteiger partial charge is 0.387 e. The van der Waals surface area contributed by atoms with Crippen LogP contribution in [0.2, 0.25) is 0 Å². The van der Waals surface area contributed by atoms with Crippen LogP contribution < -0.4 is 0 Å². The van der Waals surface area contributed by atoms with E-state index in [0.717, 1.165) is 0 Å². The molecule has 1 fully saturated rings. The molecule has 57 valence electrons. The summed E-state index contributed by atoms with van der Waals surface area (Å²) in [5, 5.41) is 8.99. The molecule has 1 saturated heterocycles. The molecular weight excluding hydrogens is 130 g/mol. The molecule has 0 aromatic rings. The fraction of sp³-hybridized carbons (Fsp3) is 0.714. The number of amides is 1. The Morgan fingerprint density at radius 1 is 1.50 bits per heavy atom. The molecule has 1 aliphatic heterocycles. The van der Waals surface area contributed by atoms with Crippen molar-refractivity contribution >= 4 is 5.91 Å². The Bertz CT molecular complexity index is 128. The normalized spacial score (nSPS) is 21.2. The molecule has 1 rings (SSSR count). The molecule has 0 saturated carbocycles. The van der Waals surface area contributed by atoms with E-state index in [1.807, 2.05) is 0 Å². The SMILES string of the molecule is CC(=O)N1CC[C](O)CC1. The lowest BCUT2D eigenvalue weighted by Crippen LogP contribution is -2.36. The second kappa shape index (κ2) is 3.01. The maximum Gasteiger partial charge on any atom is 0.219 e. The highest BCUT2D eigenvalue weighted by Gasteiger charge is 2.18. The number of rotatable bonds is 0. The molecule has 0 atom stereocenters. The van der Waals surface area contributed by atoms with Gasteiger partial charge in [0.2, 0.25) is 5.91 Å². The predicted octanol–water partition coefficient (Wildman–Crippen LogP) is 0.533. The molecule has 1 amide bonds. The van der Waals surface area contributed by atoms with Crippen molar-refractivity contribution in [2.24, 2.45) is 0 Å². The van der Waals surface area contributed by atoms with Crippen LogP contribution >= 0.6 is 0 Å². The molecule has 1 aliphatic rings. The Morgan fingerprint density at radius 2 is 2.00 bits per heavy atom. The first-order chi connectivity index (χ1) is 4.70. The van der Waals surface area contributed by atoms with Crippen LogP contribution in [0.1, 0.15) is 19.8 Å². The Hall–Kier alpha value is -0.570. The number of hydrogen-bond donors (Lipinski definition) is 1. The summed E-state index contributed by atoms with van der Waals surface area (Å²) in [7, 11) is 0. The molecule has 0 spiro atoms. The van der Waals surface area contributed by atoms with Crippen LogP contribution in [0.15, 0.2) is 0 Å². The zero-order valence-electron chi connectivity index (χ0n) is 6.13. The summed E-state index contributed by atoms with van der Waals surface area (Å²) in [5.41, 5.74) is 0. The van der Waals surface area contributed by atoms with Crippen molar-refractivity contribution in [2.75, 3.05) is 13.1 Å². The van der Waals surface area contributed by atoms with E-state index in [2.05, 4.69) is 0 Å². The number of nitrogens with zero attached hydrogens (tertiary/aromatic N) is 1. The average Bonchev–Trinajstić information content (AvgIpc) is 1.88. The van der Waals surface area contributed by atoms with E-state index in [1.165, 1.54) is 0 Å². The quantitative estimate of drug-likeness (QED) is 0.536. The van der Waals surface area contributed by atoms with E-state index in [1.54, 1.807) is 11.8 Å². The van der Waals surface area contributed by atoms with Crippen molar-refractivity contribution < 1.29 is 9.90 Å². The lowest BCUT2D eigenvalue weighted by molar-refractivity contribution is -0.129. The van der Waals surface area contributed by atoms with Crippen molar-refractivity contribution in [3.05, 3.63) is 6.10 Å². The minimum atomic E-state index is 0.104.